The first-order valence-corrected chi connectivity index (χ1v) is 21.4. The van der Waals surface area contributed by atoms with E-state index in [0.29, 0.717) is 12.0 Å². The van der Waals surface area contributed by atoms with Crippen LogP contribution in [0.25, 0.3) is 0 Å². The molecule has 1 rings (SSSR count). The van der Waals surface area contributed by atoms with Crippen molar-refractivity contribution in [2.75, 3.05) is 6.61 Å². The van der Waals surface area contributed by atoms with Gasteiger partial charge in [-0.1, -0.05) is 0 Å². The predicted octanol–water partition coefficient (Wildman–Crippen LogP) is 3.36. The van der Waals surface area contributed by atoms with E-state index in [1.807, 2.05) is 0 Å². The van der Waals surface area contributed by atoms with Gasteiger partial charge in [-0.15, -0.1) is 0 Å². The van der Waals surface area contributed by atoms with Gasteiger partial charge in [-0.25, -0.2) is 0 Å². The molecule has 0 aliphatic rings. The number of hydrogen-bond acceptors (Lipinski definition) is 7. The van der Waals surface area contributed by atoms with Crippen molar-refractivity contribution in [2.24, 2.45) is 0 Å². The van der Waals surface area contributed by atoms with Gasteiger partial charge < -0.3 is 0 Å². The summed E-state index contributed by atoms with van der Waals surface area (Å²) >= 11 is -2.92. The van der Waals surface area contributed by atoms with Gasteiger partial charge in [0.1, 0.15) is 0 Å². The number of carbonyl (C=O) groups is 4. The fraction of sp³-hybridized carbons (Fsp3) is 0.600. The summed E-state index contributed by atoms with van der Waals surface area (Å²) in [7, 11) is 0. The van der Waals surface area contributed by atoms with Crippen LogP contribution in [0.5, 0.6) is 0 Å². The van der Waals surface area contributed by atoms with Crippen molar-refractivity contribution in [3.8, 4) is 0 Å². The summed E-state index contributed by atoms with van der Waals surface area (Å²) < 4.78 is 17.2. The molecule has 0 saturated heterocycles. The van der Waals surface area contributed by atoms with Crippen LogP contribution < -0.4 is 8.90 Å². The number of ether oxygens (including phenoxy) is 3. The number of benzene rings is 1. The molecule has 0 heterocycles. The van der Waals surface area contributed by atoms with E-state index in [1.165, 1.54) is 0 Å². The predicted molar refractivity (Wildman–Crippen MR) is 133 cm³/mol. The zero-order valence-electron chi connectivity index (χ0n) is 22.1. The molecule has 1 aromatic rings. The van der Waals surface area contributed by atoms with E-state index in [1.54, 1.807) is 60.6 Å². The van der Waals surface area contributed by atoms with E-state index in [2.05, 4.69) is 20.1 Å². The fourth-order valence-electron chi connectivity index (χ4n) is 3.27. The molecule has 1 N–H and O–H groups in total. The minimum atomic E-state index is -2.92. The molecule has 0 aromatic heterocycles. The summed E-state index contributed by atoms with van der Waals surface area (Å²) in [4.78, 5) is 56.3. The molecular formula is C25H39NO7Sn. The molecule has 0 radical (unpaired) electrons. The molecular weight excluding hydrogens is 545 g/mol. The van der Waals surface area contributed by atoms with E-state index in [-0.39, 0.29) is 24.2 Å². The molecule has 190 valence electrons. The van der Waals surface area contributed by atoms with Crippen molar-refractivity contribution in [2.45, 2.75) is 86.9 Å². The Bertz CT molecular complexity index is 921. The van der Waals surface area contributed by atoms with Gasteiger partial charge in [0, 0.05) is 0 Å². The first-order valence-electron chi connectivity index (χ1n) is 11.4. The topological polar surface area (TPSA) is 108 Å². The van der Waals surface area contributed by atoms with Crippen LogP contribution >= 0.6 is 0 Å². The Labute approximate surface area is 207 Å². The number of nitrogens with one attached hydrogen (secondary N) is 1. The zero-order chi connectivity index (χ0) is 26.5. The SMILES string of the molecule is CCOC(=O)[C@H](Cc1cc(C(=O)OC(C)(C)C)c(C(=O)OC(C)(C)C)c[c]1[Sn]([CH3])([CH3])[CH3])NC=O. The maximum atomic E-state index is 13.1. The van der Waals surface area contributed by atoms with Crippen molar-refractivity contribution in [1.29, 1.82) is 0 Å². The van der Waals surface area contributed by atoms with Crippen LogP contribution in [0.4, 0.5) is 0 Å². The Morgan fingerprint density at radius 3 is 1.79 bits per heavy atom. The number of carbonyl (C=O) groups excluding carboxylic acids is 4. The minimum absolute atomic E-state index is 0.0622. The average molecular weight is 584 g/mol. The Hall–Kier alpha value is -2.10. The van der Waals surface area contributed by atoms with Crippen molar-refractivity contribution in [1.82, 2.24) is 5.32 Å². The molecule has 0 fully saturated rings. The van der Waals surface area contributed by atoms with Crippen molar-refractivity contribution < 1.29 is 33.4 Å². The molecule has 0 saturated carbocycles. The summed E-state index contributed by atoms with van der Waals surface area (Å²) in [5.74, 6) is -1.86. The van der Waals surface area contributed by atoms with Crippen LogP contribution in [0, 0.1) is 0 Å². The van der Waals surface area contributed by atoms with Crippen LogP contribution in [0.2, 0.25) is 14.8 Å². The van der Waals surface area contributed by atoms with Crippen LogP contribution in [-0.4, -0.2) is 66.5 Å². The van der Waals surface area contributed by atoms with Gasteiger partial charge in [-0.05, 0) is 0 Å². The summed E-state index contributed by atoms with van der Waals surface area (Å²) in [6, 6.07) is 2.38. The van der Waals surface area contributed by atoms with Crippen molar-refractivity contribution >= 4 is 46.3 Å². The number of rotatable bonds is 9. The molecule has 8 nitrogen and oxygen atoms in total. The van der Waals surface area contributed by atoms with Crippen LogP contribution in [0.15, 0.2) is 12.1 Å². The molecule has 0 bridgehead atoms. The van der Waals surface area contributed by atoms with Crippen molar-refractivity contribution in [3.63, 3.8) is 0 Å². The monoisotopic (exact) mass is 585 g/mol. The molecule has 0 spiro atoms. The molecule has 0 aliphatic carbocycles. The number of hydrogen-bond donors (Lipinski definition) is 1. The van der Waals surface area contributed by atoms with Gasteiger partial charge in [0.2, 0.25) is 0 Å². The zero-order valence-corrected chi connectivity index (χ0v) is 24.9. The first kappa shape index (κ1) is 29.9. The van der Waals surface area contributed by atoms with E-state index in [9.17, 15) is 19.2 Å². The molecule has 34 heavy (non-hydrogen) atoms. The quantitative estimate of drug-likeness (QED) is 0.205. The Morgan fingerprint density at radius 2 is 1.41 bits per heavy atom. The van der Waals surface area contributed by atoms with Gasteiger partial charge in [0.25, 0.3) is 0 Å². The molecule has 1 aromatic carbocycles. The Balaban J connectivity index is 3.77. The van der Waals surface area contributed by atoms with E-state index < -0.39 is 53.5 Å². The first-order chi connectivity index (χ1) is 15.4. The normalized spacial score (nSPS) is 13.0. The van der Waals surface area contributed by atoms with Gasteiger partial charge in [0.15, 0.2) is 0 Å². The maximum absolute atomic E-state index is 13.1. The van der Waals surface area contributed by atoms with E-state index in [4.69, 9.17) is 14.2 Å². The fourth-order valence-corrected chi connectivity index (χ4v) is 8.17. The Morgan fingerprint density at radius 1 is 0.941 bits per heavy atom. The molecule has 0 unspecified atom stereocenters. The summed E-state index contributed by atoms with van der Waals surface area (Å²) in [5.41, 5.74) is -0.645. The standard InChI is InChI=1S/C22H30NO7.3CH3.Sn/c1-8-28-20(27)17(23-13-24)12-14-9-10-15(18(25)29-21(2,3)4)16(11-14)19(26)30-22(5,6)7;;;;/h10-11,13,17H,8,12H2,1-7H3,(H,23,24);3*1H3;/t17-;;;;/m0..../s1. The second-order valence-corrected chi connectivity index (χ2v) is 25.5. The third kappa shape index (κ3) is 9.27. The van der Waals surface area contributed by atoms with Crippen LogP contribution in [-0.2, 0) is 30.2 Å². The van der Waals surface area contributed by atoms with E-state index >= 15 is 0 Å². The van der Waals surface area contributed by atoms with Gasteiger partial charge in [-0.3, -0.25) is 0 Å². The number of esters is 3. The summed E-state index contributed by atoms with van der Waals surface area (Å²) in [6.45, 7) is 12.3. The van der Waals surface area contributed by atoms with Gasteiger partial charge >= 0.3 is 207 Å². The van der Waals surface area contributed by atoms with E-state index in [0.717, 1.165) is 3.58 Å². The van der Waals surface area contributed by atoms with Gasteiger partial charge in [-0.2, -0.15) is 0 Å². The third-order valence-corrected chi connectivity index (χ3v) is 10.5. The van der Waals surface area contributed by atoms with Crippen LogP contribution in [0.3, 0.4) is 0 Å². The Kier molecular flexibility index (Phi) is 10.2. The summed E-state index contributed by atoms with van der Waals surface area (Å²) in [5, 5.41) is 2.51. The second kappa shape index (κ2) is 11.6. The third-order valence-electron chi connectivity index (χ3n) is 4.55. The molecule has 1 amide bonds. The molecule has 1 atom stereocenters. The average Bonchev–Trinajstić information content (AvgIpc) is 2.63. The number of amides is 1. The molecule has 0 aliphatic heterocycles. The molecule has 9 heteroatoms. The van der Waals surface area contributed by atoms with Crippen LogP contribution in [0.1, 0.15) is 74.7 Å². The van der Waals surface area contributed by atoms with Gasteiger partial charge in [0.05, 0.1) is 0 Å². The summed E-state index contributed by atoms with van der Waals surface area (Å²) in [6.07, 6.45) is 0.566. The van der Waals surface area contributed by atoms with Crippen molar-refractivity contribution in [3.05, 3.63) is 28.8 Å². The second-order valence-electron chi connectivity index (χ2n) is 11.1.